The molecule has 154 valence electrons. The fourth-order valence-electron chi connectivity index (χ4n) is 1.79. The van der Waals surface area contributed by atoms with Crippen LogP contribution in [0.4, 0.5) is 0 Å². The van der Waals surface area contributed by atoms with Gasteiger partial charge >= 0.3 is 43.6 Å². The van der Waals surface area contributed by atoms with Crippen molar-refractivity contribution >= 4 is 105 Å². The zero-order chi connectivity index (χ0) is 22.4. The molecule has 0 aromatic carbocycles. The van der Waals surface area contributed by atoms with Gasteiger partial charge in [0, 0.05) is 4.90 Å². The summed E-state index contributed by atoms with van der Waals surface area (Å²) >= 11 is 23.9. The van der Waals surface area contributed by atoms with Crippen molar-refractivity contribution in [3.8, 4) is 0 Å². The summed E-state index contributed by atoms with van der Waals surface area (Å²) in [6.07, 6.45) is 2.84. The third kappa shape index (κ3) is 9.78. The second-order valence-electron chi connectivity index (χ2n) is 7.43. The monoisotopic (exact) mass is 518 g/mol. The zero-order valence-corrected chi connectivity index (χ0v) is 26.0. The van der Waals surface area contributed by atoms with Crippen LogP contribution >= 0.6 is 60.9 Å². The van der Waals surface area contributed by atoms with Gasteiger partial charge < -0.3 is 0 Å². The third-order valence-corrected chi connectivity index (χ3v) is 4.63. The Bertz CT molecular complexity index is 851. The molecule has 29 heavy (non-hydrogen) atoms. The number of thiol groups is 1. The summed E-state index contributed by atoms with van der Waals surface area (Å²) in [6.45, 7) is 11.3. The van der Waals surface area contributed by atoms with Gasteiger partial charge in [0.1, 0.15) is 10.0 Å². The standard InChI is InChI=1S/C8H10Cl2N2O.C8H11ClN2OS.2Na.H2S/c1-8(2,3)12-7(13)6(10)5(9)4-11-12;1-8(2,3)11-7(12)6(9)5(13)4-10-11;;;/h4H,1-3H3;4,13H,1-3H3;;;1H2. The summed E-state index contributed by atoms with van der Waals surface area (Å²) in [7, 11) is 0. The van der Waals surface area contributed by atoms with Gasteiger partial charge in [-0.05, 0) is 41.5 Å². The summed E-state index contributed by atoms with van der Waals surface area (Å²) in [5.74, 6) is 0. The molecule has 2 heterocycles. The van der Waals surface area contributed by atoms with E-state index < -0.39 is 0 Å². The Morgan fingerprint density at radius 2 is 1.17 bits per heavy atom. The Hall–Kier alpha value is 1.33. The molecule has 2 aromatic heterocycles. The van der Waals surface area contributed by atoms with Crippen LogP contribution in [0, 0.1) is 0 Å². The number of halogens is 3. The molecule has 0 aliphatic rings. The van der Waals surface area contributed by atoms with E-state index in [1.165, 1.54) is 65.4 Å². The molecule has 0 radical (unpaired) electrons. The first-order valence-electron chi connectivity index (χ1n) is 8.59. The van der Waals surface area contributed by atoms with Gasteiger partial charge in [0.25, 0.3) is 11.1 Å². The van der Waals surface area contributed by atoms with E-state index in [2.05, 4.69) is 22.8 Å². The van der Waals surface area contributed by atoms with Crippen molar-refractivity contribution in [1.82, 2.24) is 19.6 Å². The first kappa shape index (κ1) is 32.5. The van der Waals surface area contributed by atoms with Gasteiger partial charge in [-0.2, -0.15) is 23.7 Å². The second kappa shape index (κ2) is 13.8. The van der Waals surface area contributed by atoms with Crippen molar-refractivity contribution in [3.05, 3.63) is 48.2 Å². The number of hydrogen-bond donors (Lipinski definition) is 1. The molecule has 0 saturated heterocycles. The quantitative estimate of drug-likeness (QED) is 0.427. The Morgan fingerprint density at radius 3 is 1.55 bits per heavy atom. The van der Waals surface area contributed by atoms with Crippen molar-refractivity contribution < 1.29 is 0 Å². The van der Waals surface area contributed by atoms with Crippen molar-refractivity contribution in [2.45, 2.75) is 57.5 Å². The molecular formula is C16H23Cl3N4Na2O2S2. The van der Waals surface area contributed by atoms with Crippen LogP contribution in [0.15, 0.2) is 26.9 Å². The van der Waals surface area contributed by atoms with Crippen molar-refractivity contribution in [2.75, 3.05) is 0 Å². The molecule has 0 spiro atoms. The van der Waals surface area contributed by atoms with Gasteiger partial charge in [0.15, 0.2) is 0 Å². The van der Waals surface area contributed by atoms with E-state index >= 15 is 0 Å². The van der Waals surface area contributed by atoms with Crippen molar-refractivity contribution in [1.29, 1.82) is 0 Å². The van der Waals surface area contributed by atoms with Gasteiger partial charge in [-0.15, -0.1) is 12.6 Å². The number of aromatic nitrogens is 4. The Kier molecular flexibility index (Phi) is 15.4. The van der Waals surface area contributed by atoms with Crippen LogP contribution in [0.5, 0.6) is 0 Å². The van der Waals surface area contributed by atoms with Crippen molar-refractivity contribution in [2.24, 2.45) is 0 Å². The summed E-state index contributed by atoms with van der Waals surface area (Å²) in [4.78, 5) is 23.5. The van der Waals surface area contributed by atoms with E-state index in [-0.39, 0.29) is 50.8 Å². The molecule has 0 saturated carbocycles. The maximum absolute atomic E-state index is 11.6. The van der Waals surface area contributed by atoms with E-state index in [0.717, 1.165) is 0 Å². The molecule has 6 nitrogen and oxygen atoms in total. The molecule has 13 heteroatoms. The summed E-state index contributed by atoms with van der Waals surface area (Å²) in [6, 6.07) is 0. The molecule has 0 atom stereocenters. The van der Waals surface area contributed by atoms with E-state index in [1.54, 1.807) is 0 Å². The van der Waals surface area contributed by atoms with E-state index in [4.69, 9.17) is 34.8 Å². The van der Waals surface area contributed by atoms with Gasteiger partial charge in [0.05, 0.1) is 28.5 Å². The molecule has 0 aliphatic carbocycles. The molecule has 0 unspecified atom stereocenters. The Balaban J connectivity index is 0. The normalized spacial score (nSPS) is 10.8. The van der Waals surface area contributed by atoms with E-state index in [1.807, 2.05) is 41.5 Å². The first-order valence-corrected chi connectivity index (χ1v) is 18.2. The van der Waals surface area contributed by atoms with Crippen LogP contribution in [0.1, 0.15) is 41.5 Å². The van der Waals surface area contributed by atoms with Gasteiger partial charge in [0.2, 0.25) is 0 Å². The average molecular weight is 520 g/mol. The van der Waals surface area contributed by atoms with Crippen LogP contribution < -0.4 is 11.1 Å². The Labute approximate surface area is 227 Å². The SMILES string of the molecule is CC(C)(C)n1ncc(Cl)c(Cl)c1=O.CC(C)(C)n1ncc(S)c(Cl)c1=O.S.[Na][Na]. The van der Waals surface area contributed by atoms with Gasteiger partial charge in [-0.1, -0.05) is 34.8 Å². The van der Waals surface area contributed by atoms with Crippen molar-refractivity contribution in [3.63, 3.8) is 0 Å². The number of nitrogens with zero attached hydrogens (tertiary/aromatic N) is 4. The topological polar surface area (TPSA) is 69.8 Å². The Morgan fingerprint density at radius 1 is 0.828 bits per heavy atom. The fourth-order valence-corrected chi connectivity index (χ4v) is 2.32. The molecule has 0 aliphatic heterocycles. The fraction of sp³-hybridized carbons (Fsp3) is 0.500. The summed E-state index contributed by atoms with van der Waals surface area (Å²) in [5.41, 5.74) is -1.41. The van der Waals surface area contributed by atoms with Crippen LogP contribution in [-0.4, -0.2) is 63.2 Å². The molecule has 2 aromatic rings. The van der Waals surface area contributed by atoms with E-state index in [9.17, 15) is 9.59 Å². The van der Waals surface area contributed by atoms with Gasteiger partial charge in [-0.25, -0.2) is 9.36 Å². The van der Waals surface area contributed by atoms with Crippen LogP contribution in [-0.2, 0) is 11.1 Å². The molecule has 0 fully saturated rings. The predicted octanol–water partition coefficient (Wildman–Crippen LogP) is 3.60. The van der Waals surface area contributed by atoms with Crippen LogP contribution in [0.2, 0.25) is 15.1 Å². The zero-order valence-electron chi connectivity index (χ0n) is 17.8. The van der Waals surface area contributed by atoms with Crippen LogP contribution in [0.3, 0.4) is 0 Å². The third-order valence-electron chi connectivity index (χ3n) is 3.05. The average Bonchev–Trinajstić information content (AvgIpc) is 2.57. The first-order chi connectivity index (χ1) is 12.7. The van der Waals surface area contributed by atoms with Crippen LogP contribution in [0.25, 0.3) is 0 Å². The molecule has 2 rings (SSSR count). The second-order valence-corrected chi connectivity index (χ2v) is 9.07. The number of rotatable bonds is 0. The molecule has 0 bridgehead atoms. The summed E-state index contributed by atoms with van der Waals surface area (Å²) < 4.78 is 2.65. The molecule has 0 N–H and O–H groups in total. The van der Waals surface area contributed by atoms with E-state index in [0.29, 0.717) is 4.90 Å². The minimum atomic E-state index is -0.384. The minimum absolute atomic E-state index is 0. The molecule has 0 amide bonds. The maximum atomic E-state index is 11.6. The predicted molar refractivity (Wildman–Crippen MR) is 131 cm³/mol. The van der Waals surface area contributed by atoms with Gasteiger partial charge in [-0.3, -0.25) is 9.59 Å². The number of hydrogen-bond acceptors (Lipinski definition) is 5. The molecular weight excluding hydrogens is 497 g/mol. The summed E-state index contributed by atoms with van der Waals surface area (Å²) in [5, 5.41) is 8.18.